The fraction of sp³-hybridized carbons (Fsp3) is 0.739. The normalized spacial score (nSPS) is 49.5. The summed E-state index contributed by atoms with van der Waals surface area (Å²) in [6, 6.07) is 0. The lowest BCUT2D eigenvalue weighted by Gasteiger charge is -2.66. The Morgan fingerprint density at radius 3 is 2.77 bits per heavy atom. The molecule has 1 heterocycles. The quantitative estimate of drug-likeness (QED) is 0.578. The van der Waals surface area contributed by atoms with Gasteiger partial charge in [0.25, 0.3) is 0 Å². The van der Waals surface area contributed by atoms with Crippen molar-refractivity contribution in [3.05, 3.63) is 36.0 Å². The van der Waals surface area contributed by atoms with E-state index in [-0.39, 0.29) is 17.4 Å². The predicted octanol–water partition coefficient (Wildman–Crippen LogP) is 4.63. The van der Waals surface area contributed by atoms with Crippen LogP contribution in [0.3, 0.4) is 0 Å². The molecule has 0 spiro atoms. The molecule has 4 fully saturated rings. The largest absolute Gasteiger partial charge is 0.385 e. The summed E-state index contributed by atoms with van der Waals surface area (Å²) in [5.41, 5.74) is 1.37. The van der Waals surface area contributed by atoms with Gasteiger partial charge in [0.15, 0.2) is 5.79 Å². The number of aliphatic hydroxyl groups is 1. The van der Waals surface area contributed by atoms with Crippen molar-refractivity contribution in [1.29, 1.82) is 0 Å². The first-order valence-corrected chi connectivity index (χ1v) is 10.2. The molecule has 3 nitrogen and oxygen atoms in total. The van der Waals surface area contributed by atoms with Gasteiger partial charge in [-0.25, -0.2) is 0 Å². The van der Waals surface area contributed by atoms with Crippen LogP contribution in [0.4, 0.5) is 0 Å². The lowest BCUT2D eigenvalue weighted by molar-refractivity contribution is -0.314. The van der Waals surface area contributed by atoms with Crippen molar-refractivity contribution in [2.75, 3.05) is 6.61 Å². The van der Waals surface area contributed by atoms with Crippen molar-refractivity contribution in [2.45, 2.75) is 71.4 Å². The molecule has 26 heavy (non-hydrogen) atoms. The molecule has 3 saturated carbocycles. The summed E-state index contributed by atoms with van der Waals surface area (Å²) in [6.45, 7) is 15.3. The highest BCUT2D eigenvalue weighted by atomic mass is 16.7. The smallest absolute Gasteiger partial charge is 0.163 e. The highest BCUT2D eigenvalue weighted by molar-refractivity contribution is 5.39. The maximum Gasteiger partial charge on any atom is 0.163 e. The summed E-state index contributed by atoms with van der Waals surface area (Å²) >= 11 is 0. The summed E-state index contributed by atoms with van der Waals surface area (Å²) in [7, 11) is 0. The van der Waals surface area contributed by atoms with Crippen molar-refractivity contribution in [3.63, 3.8) is 0 Å². The van der Waals surface area contributed by atoms with Gasteiger partial charge < -0.3 is 14.6 Å². The zero-order valence-corrected chi connectivity index (χ0v) is 16.9. The Balaban J connectivity index is 1.77. The number of allylic oxidation sites excluding steroid dienone is 3. The molecule has 1 aliphatic heterocycles. The van der Waals surface area contributed by atoms with E-state index >= 15 is 0 Å². The lowest BCUT2D eigenvalue weighted by Crippen LogP contribution is -2.67. The Morgan fingerprint density at radius 2 is 2.08 bits per heavy atom. The molecule has 3 heteroatoms. The maximum atomic E-state index is 11.8. The molecule has 0 aromatic carbocycles. The average molecular weight is 359 g/mol. The Labute approximate surface area is 158 Å². The summed E-state index contributed by atoms with van der Waals surface area (Å²) in [6.07, 6.45) is 9.84. The van der Waals surface area contributed by atoms with Gasteiger partial charge in [-0.15, -0.1) is 0 Å². The minimum absolute atomic E-state index is 0.201. The van der Waals surface area contributed by atoms with Crippen LogP contribution in [0.2, 0.25) is 0 Å². The number of hydrogen-bond donors (Lipinski definition) is 1. The molecule has 7 atom stereocenters. The minimum Gasteiger partial charge on any atom is -0.385 e. The molecule has 0 aromatic heterocycles. The molecule has 1 N–H and O–H groups in total. The summed E-state index contributed by atoms with van der Waals surface area (Å²) < 4.78 is 12.4. The molecule has 1 saturated heterocycles. The van der Waals surface area contributed by atoms with E-state index in [9.17, 15) is 5.11 Å². The van der Waals surface area contributed by atoms with Crippen LogP contribution < -0.4 is 0 Å². The van der Waals surface area contributed by atoms with Gasteiger partial charge in [0, 0.05) is 17.3 Å². The third kappa shape index (κ3) is 2.43. The maximum absolute atomic E-state index is 11.8. The minimum atomic E-state index is -0.815. The molecule has 5 aliphatic rings. The first kappa shape index (κ1) is 18.5. The molecule has 2 bridgehead atoms. The highest BCUT2D eigenvalue weighted by Gasteiger charge is 2.66. The average Bonchev–Trinajstić information content (AvgIpc) is 2.57. The molecule has 5 rings (SSSR count). The van der Waals surface area contributed by atoms with Crippen molar-refractivity contribution in [3.8, 4) is 0 Å². The van der Waals surface area contributed by atoms with Gasteiger partial charge in [0.1, 0.15) is 0 Å². The van der Waals surface area contributed by atoms with Crippen LogP contribution in [0, 0.1) is 29.1 Å². The van der Waals surface area contributed by atoms with Gasteiger partial charge in [-0.3, -0.25) is 0 Å². The SMILES string of the molecule is C=C(C)/C=C\C1(O)C(C)[C@@H]2CC[C@@]1(C)C1=CC[C@H]3COC(C)(C)O[C@H]3[C@@H]12. The second kappa shape index (κ2) is 5.80. The monoisotopic (exact) mass is 358 g/mol. The molecular weight excluding hydrogens is 324 g/mol. The van der Waals surface area contributed by atoms with Crippen molar-refractivity contribution >= 4 is 0 Å². The first-order chi connectivity index (χ1) is 12.1. The van der Waals surface area contributed by atoms with Crippen LogP contribution in [-0.4, -0.2) is 29.2 Å². The van der Waals surface area contributed by atoms with Gasteiger partial charge in [-0.1, -0.05) is 49.8 Å². The molecule has 144 valence electrons. The van der Waals surface area contributed by atoms with E-state index in [2.05, 4.69) is 26.5 Å². The molecular formula is C23H34O3. The number of ether oxygens (including phenoxy) is 2. The van der Waals surface area contributed by atoms with Gasteiger partial charge in [0.2, 0.25) is 0 Å². The first-order valence-electron chi connectivity index (χ1n) is 10.2. The fourth-order valence-electron chi connectivity index (χ4n) is 6.29. The van der Waals surface area contributed by atoms with Crippen LogP contribution in [0.5, 0.6) is 0 Å². The van der Waals surface area contributed by atoms with Crippen LogP contribution in [0.15, 0.2) is 36.0 Å². The fourth-order valence-corrected chi connectivity index (χ4v) is 6.29. The van der Waals surface area contributed by atoms with Crippen LogP contribution in [0.25, 0.3) is 0 Å². The Bertz CT molecular complexity index is 675. The van der Waals surface area contributed by atoms with Crippen molar-refractivity contribution in [2.24, 2.45) is 29.1 Å². The number of rotatable bonds is 2. The topological polar surface area (TPSA) is 38.7 Å². The van der Waals surface area contributed by atoms with E-state index in [1.165, 1.54) is 5.57 Å². The Morgan fingerprint density at radius 1 is 1.35 bits per heavy atom. The molecule has 2 unspecified atom stereocenters. The van der Waals surface area contributed by atoms with Gasteiger partial charge in [-0.05, 0) is 51.9 Å². The highest BCUT2D eigenvalue weighted by Crippen LogP contribution is 2.66. The van der Waals surface area contributed by atoms with Crippen molar-refractivity contribution in [1.82, 2.24) is 0 Å². The second-order valence-electron chi connectivity index (χ2n) is 9.80. The molecule has 0 radical (unpaired) electrons. The lowest BCUT2D eigenvalue weighted by atomic mass is 9.42. The van der Waals surface area contributed by atoms with E-state index < -0.39 is 11.4 Å². The zero-order valence-electron chi connectivity index (χ0n) is 16.9. The van der Waals surface area contributed by atoms with E-state index in [4.69, 9.17) is 9.47 Å². The van der Waals surface area contributed by atoms with E-state index in [0.29, 0.717) is 17.8 Å². The van der Waals surface area contributed by atoms with Crippen LogP contribution in [0.1, 0.15) is 53.9 Å². The summed E-state index contributed by atoms with van der Waals surface area (Å²) in [5.74, 6) is 0.979. The van der Waals surface area contributed by atoms with Crippen LogP contribution >= 0.6 is 0 Å². The standard InChI is InChI=1S/C23H34O3/c1-14(2)9-12-23(24)15(3)17-10-11-22(23,6)18-8-7-16-13-25-21(4,5)26-20(16)19(17)18/h8-9,12,15-17,19-20,24H,1,7,10-11,13H2,2-6H3/b12-9-/t15?,16-,17-,19+,20+,22-,23?/m0/s1. The third-order valence-corrected chi connectivity index (χ3v) is 7.80. The van der Waals surface area contributed by atoms with E-state index in [1.54, 1.807) is 0 Å². The summed E-state index contributed by atoms with van der Waals surface area (Å²) in [4.78, 5) is 0. The summed E-state index contributed by atoms with van der Waals surface area (Å²) in [5, 5.41) is 11.8. The van der Waals surface area contributed by atoms with Crippen LogP contribution in [-0.2, 0) is 9.47 Å². The molecule has 4 aliphatic carbocycles. The van der Waals surface area contributed by atoms with Gasteiger partial charge >= 0.3 is 0 Å². The number of hydrogen-bond acceptors (Lipinski definition) is 3. The van der Waals surface area contributed by atoms with E-state index in [1.807, 2.05) is 32.9 Å². The molecule has 0 amide bonds. The number of fused-ring (bicyclic) bond motifs is 3. The van der Waals surface area contributed by atoms with E-state index in [0.717, 1.165) is 31.4 Å². The van der Waals surface area contributed by atoms with Gasteiger partial charge in [-0.2, -0.15) is 0 Å². The predicted molar refractivity (Wildman–Crippen MR) is 103 cm³/mol. The Kier molecular flexibility index (Phi) is 4.12. The van der Waals surface area contributed by atoms with Gasteiger partial charge in [0.05, 0.1) is 18.3 Å². The second-order valence-corrected chi connectivity index (χ2v) is 9.80. The molecule has 0 aromatic rings. The third-order valence-electron chi connectivity index (χ3n) is 7.80. The van der Waals surface area contributed by atoms with Crippen molar-refractivity contribution < 1.29 is 14.6 Å². The zero-order chi connectivity index (χ0) is 18.9. The Hall–Kier alpha value is -0.900.